The van der Waals surface area contributed by atoms with Gasteiger partial charge in [0.05, 0.1) is 0 Å². The molecule has 68 valence electrons. The van der Waals surface area contributed by atoms with Gasteiger partial charge in [-0.15, -0.1) is 0 Å². The van der Waals surface area contributed by atoms with Gasteiger partial charge >= 0.3 is 0 Å². The largest absolute Gasteiger partial charge is 0.386 e. The van der Waals surface area contributed by atoms with E-state index < -0.39 is 0 Å². The Morgan fingerprint density at radius 1 is 1.50 bits per heavy atom. The maximum absolute atomic E-state index is 3.62. The minimum absolute atomic E-state index is 0.508. The van der Waals surface area contributed by atoms with E-state index in [-0.39, 0.29) is 0 Å². The second-order valence-electron chi connectivity index (χ2n) is 2.98. The van der Waals surface area contributed by atoms with Crippen LogP contribution in [0.4, 0.5) is 0 Å². The van der Waals surface area contributed by atoms with Crippen molar-refractivity contribution < 1.29 is 0 Å². The summed E-state index contributed by atoms with van der Waals surface area (Å²) < 4.78 is 0. The van der Waals surface area contributed by atoms with E-state index in [0.29, 0.717) is 6.04 Å². The predicted molar refractivity (Wildman–Crippen MR) is 56.0 cm³/mol. The molecule has 0 rings (SSSR count). The molecule has 0 aromatic carbocycles. The Labute approximate surface area is 75.9 Å². The molecule has 0 aliphatic rings. The molecule has 1 heteroatoms. The molecule has 0 atom stereocenters. The van der Waals surface area contributed by atoms with E-state index in [9.17, 15) is 0 Å². The molecule has 0 aliphatic carbocycles. The van der Waals surface area contributed by atoms with E-state index >= 15 is 0 Å². The molecule has 0 unspecified atom stereocenters. The lowest BCUT2D eigenvalue weighted by Crippen LogP contribution is -2.21. The minimum Gasteiger partial charge on any atom is -0.386 e. The van der Waals surface area contributed by atoms with Crippen molar-refractivity contribution in [2.24, 2.45) is 0 Å². The maximum atomic E-state index is 3.62. The molecule has 0 amide bonds. The van der Waals surface area contributed by atoms with Crippen LogP contribution in [0.2, 0.25) is 0 Å². The van der Waals surface area contributed by atoms with Gasteiger partial charge in [0.1, 0.15) is 0 Å². The molecule has 0 aromatic heterocycles. The molecule has 0 heterocycles. The number of hydrogen-bond acceptors (Lipinski definition) is 1. The Hall–Kier alpha value is -0.980. The summed E-state index contributed by atoms with van der Waals surface area (Å²) in [5.74, 6) is 0. The molecule has 12 heavy (non-hydrogen) atoms. The Balaban J connectivity index is 3.85. The first-order valence-corrected chi connectivity index (χ1v) is 4.40. The third-order valence-electron chi connectivity index (χ3n) is 1.43. The smallest absolute Gasteiger partial charge is 0.0201 e. The first kappa shape index (κ1) is 11.0. The molecule has 0 fully saturated rings. The second kappa shape index (κ2) is 6.71. The molecule has 0 saturated carbocycles. The van der Waals surface area contributed by atoms with Crippen molar-refractivity contribution in [3.63, 3.8) is 0 Å². The summed E-state index contributed by atoms with van der Waals surface area (Å²) in [5, 5.41) is 3.36. The molecule has 1 nitrogen and oxygen atoms in total. The Kier molecular flexibility index (Phi) is 6.16. The molecular formula is C11H19N. The van der Waals surface area contributed by atoms with E-state index in [2.05, 4.69) is 37.9 Å². The Morgan fingerprint density at radius 2 is 2.17 bits per heavy atom. The first-order chi connectivity index (χ1) is 5.70. The van der Waals surface area contributed by atoms with Gasteiger partial charge in [-0.1, -0.05) is 30.9 Å². The van der Waals surface area contributed by atoms with E-state index in [4.69, 9.17) is 0 Å². The van der Waals surface area contributed by atoms with Gasteiger partial charge in [-0.25, -0.2) is 0 Å². The molecule has 0 spiro atoms. The van der Waals surface area contributed by atoms with Crippen molar-refractivity contribution in [2.45, 2.75) is 33.2 Å². The van der Waals surface area contributed by atoms with Gasteiger partial charge in [0.2, 0.25) is 0 Å². The Bertz CT molecular complexity index is 175. The zero-order valence-electron chi connectivity index (χ0n) is 8.30. The van der Waals surface area contributed by atoms with Crippen LogP contribution in [0.3, 0.4) is 0 Å². The lowest BCUT2D eigenvalue weighted by atomic mass is 10.2. The molecule has 1 N–H and O–H groups in total. The highest BCUT2D eigenvalue weighted by Gasteiger charge is 1.94. The van der Waals surface area contributed by atoms with Crippen molar-refractivity contribution in [3.05, 3.63) is 36.6 Å². The molecule has 0 aromatic rings. The Morgan fingerprint density at radius 3 is 2.58 bits per heavy atom. The van der Waals surface area contributed by atoms with Gasteiger partial charge in [-0.2, -0.15) is 0 Å². The monoisotopic (exact) mass is 165 g/mol. The van der Waals surface area contributed by atoms with Crippen LogP contribution in [-0.4, -0.2) is 6.04 Å². The van der Waals surface area contributed by atoms with Crippen LogP contribution in [0, 0.1) is 0 Å². The number of hydrogen-bond donors (Lipinski definition) is 1. The van der Waals surface area contributed by atoms with Crippen LogP contribution < -0.4 is 5.32 Å². The summed E-state index contributed by atoms with van der Waals surface area (Å²) >= 11 is 0. The summed E-state index contributed by atoms with van der Waals surface area (Å²) in [6, 6.07) is 0.508. The summed E-state index contributed by atoms with van der Waals surface area (Å²) in [4.78, 5) is 0. The summed E-state index contributed by atoms with van der Waals surface area (Å²) in [5.41, 5.74) is 1.27. The summed E-state index contributed by atoms with van der Waals surface area (Å²) in [6.45, 7) is 9.94. The van der Waals surface area contributed by atoms with Gasteiger partial charge < -0.3 is 5.32 Å². The molecule has 0 aliphatic heterocycles. The molecular weight excluding hydrogens is 146 g/mol. The maximum Gasteiger partial charge on any atom is 0.0201 e. The third-order valence-corrected chi connectivity index (χ3v) is 1.43. The van der Waals surface area contributed by atoms with Gasteiger partial charge in [0.15, 0.2) is 0 Å². The standard InChI is InChI=1S/C11H19N/c1-5-7-8-9-11(6-2)12-10(3)4/h5-8,10,12H,1,9H2,2-4H3/b8-7+,11-6+. The van der Waals surface area contributed by atoms with Crippen LogP contribution >= 0.6 is 0 Å². The van der Waals surface area contributed by atoms with Gasteiger partial charge in [-0.3, -0.25) is 0 Å². The molecule has 0 radical (unpaired) electrons. The fourth-order valence-electron chi connectivity index (χ4n) is 0.922. The van der Waals surface area contributed by atoms with Crippen molar-refractivity contribution in [2.75, 3.05) is 0 Å². The van der Waals surface area contributed by atoms with E-state index in [1.807, 2.05) is 13.0 Å². The van der Waals surface area contributed by atoms with Crippen molar-refractivity contribution in [1.29, 1.82) is 0 Å². The quantitative estimate of drug-likeness (QED) is 0.617. The first-order valence-electron chi connectivity index (χ1n) is 4.40. The third kappa shape index (κ3) is 5.78. The lowest BCUT2D eigenvalue weighted by Gasteiger charge is -2.11. The van der Waals surface area contributed by atoms with Crippen molar-refractivity contribution in [1.82, 2.24) is 5.32 Å². The molecule has 0 bridgehead atoms. The van der Waals surface area contributed by atoms with E-state index in [1.165, 1.54) is 5.70 Å². The second-order valence-corrected chi connectivity index (χ2v) is 2.98. The number of allylic oxidation sites excluding steroid dienone is 4. The van der Waals surface area contributed by atoms with Crippen LogP contribution in [-0.2, 0) is 0 Å². The fourth-order valence-corrected chi connectivity index (χ4v) is 0.922. The zero-order chi connectivity index (χ0) is 9.40. The van der Waals surface area contributed by atoms with Gasteiger partial charge in [0, 0.05) is 18.2 Å². The topological polar surface area (TPSA) is 12.0 Å². The fraction of sp³-hybridized carbons (Fsp3) is 0.455. The van der Waals surface area contributed by atoms with Crippen LogP contribution in [0.1, 0.15) is 27.2 Å². The predicted octanol–water partition coefficient (Wildman–Crippen LogP) is 3.02. The normalized spacial score (nSPS) is 12.5. The summed E-state index contributed by atoms with van der Waals surface area (Å²) in [6.07, 6.45) is 8.92. The number of nitrogens with one attached hydrogen (secondary N) is 1. The molecule has 0 saturated heterocycles. The van der Waals surface area contributed by atoms with Gasteiger partial charge in [-0.05, 0) is 20.8 Å². The average Bonchev–Trinajstić information content (AvgIpc) is 2.02. The average molecular weight is 165 g/mol. The highest BCUT2D eigenvalue weighted by Crippen LogP contribution is 1.99. The van der Waals surface area contributed by atoms with E-state index in [0.717, 1.165) is 6.42 Å². The number of rotatable bonds is 5. The van der Waals surface area contributed by atoms with E-state index in [1.54, 1.807) is 6.08 Å². The zero-order valence-corrected chi connectivity index (χ0v) is 8.30. The SMILES string of the molecule is C=C/C=C/C/C(=C\C)NC(C)C. The van der Waals surface area contributed by atoms with Crippen LogP contribution in [0.25, 0.3) is 0 Å². The van der Waals surface area contributed by atoms with Crippen molar-refractivity contribution in [3.8, 4) is 0 Å². The van der Waals surface area contributed by atoms with Crippen LogP contribution in [0.15, 0.2) is 36.6 Å². The van der Waals surface area contributed by atoms with Gasteiger partial charge in [0.25, 0.3) is 0 Å². The highest BCUT2D eigenvalue weighted by molar-refractivity contribution is 5.08. The van der Waals surface area contributed by atoms with Crippen molar-refractivity contribution >= 4 is 0 Å². The summed E-state index contributed by atoms with van der Waals surface area (Å²) in [7, 11) is 0. The minimum atomic E-state index is 0.508. The highest BCUT2D eigenvalue weighted by atomic mass is 14.9. The van der Waals surface area contributed by atoms with Crippen LogP contribution in [0.5, 0.6) is 0 Å². The lowest BCUT2D eigenvalue weighted by molar-refractivity contribution is 0.657.